The lowest BCUT2D eigenvalue weighted by Crippen LogP contribution is -2.43. The zero-order valence-electron chi connectivity index (χ0n) is 9.20. The number of nitrogens with one attached hydrogen (secondary N) is 1. The maximum atomic E-state index is 11.3. The fourth-order valence-electron chi connectivity index (χ4n) is 0.970. The number of hydrogen-bond acceptors (Lipinski definition) is 4. The number of ether oxygens (including phenoxy) is 1. The normalized spacial score (nSPS) is 9.27. The third kappa shape index (κ3) is 4.44. The van der Waals surface area contributed by atoms with Gasteiger partial charge in [-0.1, -0.05) is 0 Å². The van der Waals surface area contributed by atoms with Gasteiger partial charge in [0.1, 0.15) is 6.54 Å². The number of hydrogen-bond donors (Lipinski definition) is 1. The van der Waals surface area contributed by atoms with E-state index in [0.29, 0.717) is 6.54 Å². The number of likely N-dealkylation sites (N-methyl/N-ethyl adjacent to an activating group) is 2. The molecule has 0 fully saturated rings. The highest BCUT2D eigenvalue weighted by Crippen LogP contribution is 1.91. The molecule has 86 valence electrons. The summed E-state index contributed by atoms with van der Waals surface area (Å²) >= 11 is 0. The average molecular weight is 216 g/mol. The Morgan fingerprint density at radius 2 is 1.87 bits per heavy atom. The molecule has 6 heteroatoms. The van der Waals surface area contributed by atoms with Crippen LogP contribution in [0.4, 0.5) is 0 Å². The number of esters is 1. The molecule has 0 aliphatic carbocycles. The van der Waals surface area contributed by atoms with Gasteiger partial charge < -0.3 is 15.0 Å². The highest BCUT2D eigenvalue weighted by Gasteiger charge is 2.22. The van der Waals surface area contributed by atoms with Crippen LogP contribution in [0, 0.1) is 0 Å². The molecule has 0 saturated carbocycles. The van der Waals surface area contributed by atoms with Gasteiger partial charge in [-0.25, -0.2) is 4.79 Å². The van der Waals surface area contributed by atoms with E-state index < -0.39 is 11.9 Å². The highest BCUT2D eigenvalue weighted by atomic mass is 16.5. The molecule has 0 aromatic heterocycles. The molecule has 0 saturated heterocycles. The van der Waals surface area contributed by atoms with Crippen molar-refractivity contribution in [3.05, 3.63) is 0 Å². The Morgan fingerprint density at radius 1 is 1.27 bits per heavy atom. The summed E-state index contributed by atoms with van der Waals surface area (Å²) in [7, 11) is 1.13. The van der Waals surface area contributed by atoms with Gasteiger partial charge in [0, 0.05) is 13.1 Å². The number of rotatable bonds is 4. The Morgan fingerprint density at radius 3 is 2.27 bits per heavy atom. The van der Waals surface area contributed by atoms with Crippen LogP contribution >= 0.6 is 0 Å². The van der Waals surface area contributed by atoms with Crippen molar-refractivity contribution in [1.82, 2.24) is 10.2 Å². The quantitative estimate of drug-likeness (QED) is 0.490. The first-order valence-corrected chi connectivity index (χ1v) is 4.70. The summed E-state index contributed by atoms with van der Waals surface area (Å²) in [5.41, 5.74) is 0. The molecule has 0 rings (SSSR count). The maximum absolute atomic E-state index is 11.3. The zero-order valence-corrected chi connectivity index (χ0v) is 9.20. The summed E-state index contributed by atoms with van der Waals surface area (Å²) in [6.45, 7) is 4.10. The van der Waals surface area contributed by atoms with E-state index in [2.05, 4.69) is 10.1 Å². The van der Waals surface area contributed by atoms with Crippen molar-refractivity contribution in [2.24, 2.45) is 0 Å². The molecule has 6 nitrogen and oxygen atoms in total. The molecule has 0 atom stereocenters. The van der Waals surface area contributed by atoms with Gasteiger partial charge in [0.15, 0.2) is 0 Å². The molecule has 0 aromatic carbocycles. The number of carbonyl (C=O) groups excluding carboxylic acids is 3. The monoisotopic (exact) mass is 216 g/mol. The SMILES string of the molecule is CCNC(=O)CN(CC)C(=O)C(=O)OC. The van der Waals surface area contributed by atoms with E-state index >= 15 is 0 Å². The molecule has 0 heterocycles. The molecule has 2 amide bonds. The number of carbonyl (C=O) groups is 3. The Balaban J connectivity index is 4.30. The van der Waals surface area contributed by atoms with E-state index in [-0.39, 0.29) is 19.0 Å². The summed E-state index contributed by atoms with van der Waals surface area (Å²) in [5.74, 6) is -2.05. The molecule has 0 bridgehead atoms. The van der Waals surface area contributed by atoms with Crippen molar-refractivity contribution in [1.29, 1.82) is 0 Å². The van der Waals surface area contributed by atoms with Crippen molar-refractivity contribution >= 4 is 17.8 Å². The Hall–Kier alpha value is -1.59. The second kappa shape index (κ2) is 6.80. The van der Waals surface area contributed by atoms with Gasteiger partial charge >= 0.3 is 11.9 Å². The molecule has 15 heavy (non-hydrogen) atoms. The molecular weight excluding hydrogens is 200 g/mol. The molecule has 0 unspecified atom stereocenters. The standard InChI is InChI=1S/C9H16N2O4/c1-4-10-7(12)6-11(5-2)8(13)9(14)15-3/h4-6H2,1-3H3,(H,10,12). The van der Waals surface area contributed by atoms with Crippen molar-refractivity contribution in [2.45, 2.75) is 13.8 Å². The molecule has 0 aliphatic rings. The van der Waals surface area contributed by atoms with Gasteiger partial charge in [0.2, 0.25) is 5.91 Å². The first-order valence-electron chi connectivity index (χ1n) is 4.70. The largest absolute Gasteiger partial charge is 0.462 e. The van der Waals surface area contributed by atoms with Crippen LogP contribution in [0.3, 0.4) is 0 Å². The molecule has 0 aliphatic heterocycles. The van der Waals surface area contributed by atoms with Crippen molar-refractivity contribution in [3.63, 3.8) is 0 Å². The van der Waals surface area contributed by atoms with Gasteiger partial charge in [0.25, 0.3) is 0 Å². The second-order valence-electron chi connectivity index (χ2n) is 2.76. The summed E-state index contributed by atoms with van der Waals surface area (Å²) in [6, 6.07) is 0. The fraction of sp³-hybridized carbons (Fsp3) is 0.667. The number of nitrogens with zero attached hydrogens (tertiary/aromatic N) is 1. The highest BCUT2D eigenvalue weighted by molar-refractivity contribution is 6.32. The number of amides is 2. The van der Waals surface area contributed by atoms with Crippen LogP contribution < -0.4 is 5.32 Å². The Bertz CT molecular complexity index is 252. The van der Waals surface area contributed by atoms with Crippen LogP contribution in [0.25, 0.3) is 0 Å². The first kappa shape index (κ1) is 13.4. The maximum Gasteiger partial charge on any atom is 0.396 e. The van der Waals surface area contributed by atoms with Gasteiger partial charge in [-0.05, 0) is 13.8 Å². The fourth-order valence-corrected chi connectivity index (χ4v) is 0.970. The zero-order chi connectivity index (χ0) is 11.8. The topological polar surface area (TPSA) is 75.7 Å². The molecule has 1 N–H and O–H groups in total. The van der Waals surface area contributed by atoms with Gasteiger partial charge in [-0.3, -0.25) is 9.59 Å². The Labute approximate surface area is 88.6 Å². The molecular formula is C9H16N2O4. The van der Waals surface area contributed by atoms with Crippen molar-refractivity contribution < 1.29 is 19.1 Å². The lowest BCUT2D eigenvalue weighted by Gasteiger charge is -2.18. The lowest BCUT2D eigenvalue weighted by molar-refractivity contribution is -0.158. The van der Waals surface area contributed by atoms with E-state index in [0.717, 1.165) is 12.0 Å². The molecule has 0 spiro atoms. The lowest BCUT2D eigenvalue weighted by atomic mass is 10.4. The van der Waals surface area contributed by atoms with E-state index in [9.17, 15) is 14.4 Å². The molecule has 0 radical (unpaired) electrons. The van der Waals surface area contributed by atoms with E-state index in [1.165, 1.54) is 0 Å². The van der Waals surface area contributed by atoms with Crippen molar-refractivity contribution in [3.8, 4) is 0 Å². The summed E-state index contributed by atoms with van der Waals surface area (Å²) in [4.78, 5) is 34.5. The van der Waals surface area contributed by atoms with E-state index in [1.54, 1.807) is 13.8 Å². The third-order valence-corrected chi connectivity index (χ3v) is 1.74. The van der Waals surface area contributed by atoms with Gasteiger partial charge in [0.05, 0.1) is 7.11 Å². The van der Waals surface area contributed by atoms with Gasteiger partial charge in [-0.2, -0.15) is 0 Å². The minimum absolute atomic E-state index is 0.127. The molecule has 0 aromatic rings. The van der Waals surface area contributed by atoms with Crippen LogP contribution in [-0.2, 0) is 19.1 Å². The minimum Gasteiger partial charge on any atom is -0.462 e. The predicted octanol–water partition coefficient (Wildman–Crippen LogP) is -0.856. The minimum atomic E-state index is -0.957. The predicted molar refractivity (Wildman–Crippen MR) is 53.0 cm³/mol. The van der Waals surface area contributed by atoms with Crippen LogP contribution in [0.15, 0.2) is 0 Å². The van der Waals surface area contributed by atoms with Crippen molar-refractivity contribution in [2.75, 3.05) is 26.7 Å². The summed E-state index contributed by atoms with van der Waals surface area (Å²) < 4.78 is 4.27. The Kier molecular flexibility index (Phi) is 6.08. The van der Waals surface area contributed by atoms with Crippen LogP contribution in [0.5, 0.6) is 0 Å². The van der Waals surface area contributed by atoms with Crippen LogP contribution in [0.2, 0.25) is 0 Å². The van der Waals surface area contributed by atoms with Crippen LogP contribution in [0.1, 0.15) is 13.8 Å². The van der Waals surface area contributed by atoms with E-state index in [4.69, 9.17) is 0 Å². The van der Waals surface area contributed by atoms with Crippen LogP contribution in [-0.4, -0.2) is 49.4 Å². The first-order chi connectivity index (χ1) is 7.06. The van der Waals surface area contributed by atoms with Gasteiger partial charge in [-0.15, -0.1) is 0 Å². The third-order valence-electron chi connectivity index (χ3n) is 1.74. The smallest absolute Gasteiger partial charge is 0.396 e. The second-order valence-corrected chi connectivity index (χ2v) is 2.76. The average Bonchev–Trinajstić information content (AvgIpc) is 2.24. The summed E-state index contributed by atoms with van der Waals surface area (Å²) in [5, 5.41) is 2.54. The summed E-state index contributed by atoms with van der Waals surface area (Å²) in [6.07, 6.45) is 0. The van der Waals surface area contributed by atoms with E-state index in [1.807, 2.05) is 0 Å². The number of methoxy groups -OCH3 is 1.